The second-order valence-corrected chi connectivity index (χ2v) is 10.0. The molecule has 0 unspecified atom stereocenters. The van der Waals surface area contributed by atoms with E-state index < -0.39 is 39.0 Å². The number of aromatic amines is 1. The Labute approximate surface area is 188 Å². The van der Waals surface area contributed by atoms with E-state index in [0.717, 1.165) is 31.4 Å². The second kappa shape index (κ2) is 8.83. The van der Waals surface area contributed by atoms with E-state index in [4.69, 9.17) is 0 Å². The molecule has 0 radical (unpaired) electrons. The summed E-state index contributed by atoms with van der Waals surface area (Å²) in [5, 5.41) is 9.92. The van der Waals surface area contributed by atoms with E-state index in [1.807, 2.05) is 0 Å². The number of benzene rings is 2. The van der Waals surface area contributed by atoms with E-state index in [9.17, 15) is 31.5 Å². The molecule has 0 saturated heterocycles. The second-order valence-electron chi connectivity index (χ2n) is 8.29. The molecule has 1 aliphatic rings. The van der Waals surface area contributed by atoms with Gasteiger partial charge in [-0.25, -0.2) is 13.1 Å². The number of H-pyrrole nitrogens is 1. The monoisotopic (exact) mass is 480 g/mol. The Kier molecular flexibility index (Phi) is 6.24. The van der Waals surface area contributed by atoms with E-state index in [0.29, 0.717) is 35.4 Å². The Bertz CT molecular complexity index is 1290. The number of halogens is 3. The van der Waals surface area contributed by atoms with Crippen molar-refractivity contribution in [2.75, 3.05) is 0 Å². The van der Waals surface area contributed by atoms with Gasteiger partial charge in [0.05, 0.1) is 22.6 Å². The number of para-hydroxylation sites is 1. The molecule has 176 valence electrons. The first-order valence-electron chi connectivity index (χ1n) is 10.6. The van der Waals surface area contributed by atoms with Crippen LogP contribution in [0.5, 0.6) is 0 Å². The summed E-state index contributed by atoms with van der Waals surface area (Å²) in [4.78, 5) is 13.9. The van der Waals surface area contributed by atoms with Gasteiger partial charge in [-0.3, -0.25) is 4.79 Å². The number of carboxylic acid groups (broad SMARTS) is 1. The predicted molar refractivity (Wildman–Crippen MR) is 117 cm³/mol. The normalized spacial score (nSPS) is 15.7. The first-order chi connectivity index (χ1) is 15.5. The molecular formula is C23H23F3N2O4S. The number of aliphatic carboxylic acids is 1. The van der Waals surface area contributed by atoms with Crippen molar-refractivity contribution < 1.29 is 31.5 Å². The van der Waals surface area contributed by atoms with E-state index in [1.165, 1.54) is 0 Å². The molecule has 4 rings (SSSR count). The van der Waals surface area contributed by atoms with Crippen molar-refractivity contribution in [2.45, 2.75) is 55.6 Å². The lowest BCUT2D eigenvalue weighted by molar-refractivity contribution is -0.138. The zero-order valence-electron chi connectivity index (χ0n) is 17.6. The van der Waals surface area contributed by atoms with Crippen molar-refractivity contribution in [2.24, 2.45) is 0 Å². The Morgan fingerprint density at radius 1 is 1.09 bits per heavy atom. The summed E-state index contributed by atoms with van der Waals surface area (Å²) in [5.41, 5.74) is -0.170. The van der Waals surface area contributed by atoms with Gasteiger partial charge in [-0.05, 0) is 42.7 Å². The average molecular weight is 481 g/mol. The van der Waals surface area contributed by atoms with Gasteiger partial charge in [0.1, 0.15) is 0 Å². The van der Waals surface area contributed by atoms with Crippen LogP contribution in [0.1, 0.15) is 43.2 Å². The van der Waals surface area contributed by atoms with Crippen LogP contribution in [-0.2, 0) is 27.4 Å². The summed E-state index contributed by atoms with van der Waals surface area (Å²) in [6.45, 7) is 0. The number of hydrogen-bond acceptors (Lipinski definition) is 3. The van der Waals surface area contributed by atoms with Crippen LogP contribution in [0.4, 0.5) is 13.2 Å². The number of fused-ring (bicyclic) bond motifs is 1. The summed E-state index contributed by atoms with van der Waals surface area (Å²) < 4.78 is 69.7. The molecule has 6 nitrogen and oxygen atoms in total. The van der Waals surface area contributed by atoms with Crippen LogP contribution in [0, 0.1) is 0 Å². The highest BCUT2D eigenvalue weighted by Gasteiger charge is 2.34. The first kappa shape index (κ1) is 23.3. The summed E-state index contributed by atoms with van der Waals surface area (Å²) in [7, 11) is -4.22. The number of rotatable bonds is 6. The highest BCUT2D eigenvalue weighted by Crippen LogP contribution is 2.37. The van der Waals surface area contributed by atoms with Gasteiger partial charge in [0.25, 0.3) is 0 Å². The number of hydrogen-bond donors (Lipinski definition) is 3. The maximum atomic E-state index is 13.7. The van der Waals surface area contributed by atoms with Crippen molar-refractivity contribution in [1.82, 2.24) is 9.71 Å². The smallest absolute Gasteiger partial charge is 0.416 e. The van der Waals surface area contributed by atoms with Gasteiger partial charge in [0.15, 0.2) is 0 Å². The van der Waals surface area contributed by atoms with E-state index in [1.54, 1.807) is 24.3 Å². The summed E-state index contributed by atoms with van der Waals surface area (Å²) >= 11 is 0. The summed E-state index contributed by atoms with van der Waals surface area (Å²) in [6.07, 6.45) is -1.24. The molecule has 1 heterocycles. The third kappa shape index (κ3) is 5.06. The van der Waals surface area contributed by atoms with Crippen LogP contribution in [0.15, 0.2) is 47.4 Å². The molecule has 2 aromatic carbocycles. The summed E-state index contributed by atoms with van der Waals surface area (Å²) in [5.74, 6) is -1.15. The van der Waals surface area contributed by atoms with Crippen LogP contribution < -0.4 is 4.72 Å². The van der Waals surface area contributed by atoms with Gasteiger partial charge in [-0.2, -0.15) is 13.2 Å². The Hall–Kier alpha value is -2.85. The van der Waals surface area contributed by atoms with Crippen LogP contribution in [0.25, 0.3) is 22.2 Å². The quantitative estimate of drug-likeness (QED) is 0.458. The Morgan fingerprint density at radius 2 is 1.79 bits per heavy atom. The van der Waals surface area contributed by atoms with E-state index in [-0.39, 0.29) is 17.3 Å². The highest BCUT2D eigenvalue weighted by molar-refractivity contribution is 7.89. The number of nitrogens with one attached hydrogen (secondary N) is 2. The van der Waals surface area contributed by atoms with E-state index in [2.05, 4.69) is 9.71 Å². The molecule has 10 heteroatoms. The number of sulfonamides is 1. The molecule has 1 aliphatic carbocycles. The molecule has 1 aromatic heterocycles. The SMILES string of the molecule is O=C(O)Cc1c(-c2cc(C(F)(F)F)cc(S(=O)(=O)NC3CCCCC3)c2)[nH]c2ccccc12. The molecule has 0 atom stereocenters. The molecule has 0 amide bonds. The van der Waals surface area contributed by atoms with Gasteiger partial charge in [0, 0.05) is 22.5 Å². The Balaban J connectivity index is 1.87. The number of alkyl halides is 3. The molecule has 1 fully saturated rings. The van der Waals surface area contributed by atoms with Crippen LogP contribution in [0.3, 0.4) is 0 Å². The molecule has 33 heavy (non-hydrogen) atoms. The minimum Gasteiger partial charge on any atom is -0.481 e. The molecule has 0 aliphatic heterocycles. The zero-order valence-corrected chi connectivity index (χ0v) is 18.4. The predicted octanol–water partition coefficient (Wildman–Crippen LogP) is 5.09. The average Bonchev–Trinajstić information content (AvgIpc) is 3.11. The number of carbonyl (C=O) groups is 1. The fourth-order valence-corrected chi connectivity index (χ4v) is 5.73. The zero-order chi connectivity index (χ0) is 23.8. The topological polar surface area (TPSA) is 99.3 Å². The fourth-order valence-electron chi connectivity index (χ4n) is 4.35. The molecule has 3 aromatic rings. The maximum Gasteiger partial charge on any atom is 0.416 e. The fraction of sp³-hybridized carbons (Fsp3) is 0.348. The molecule has 0 spiro atoms. The van der Waals surface area contributed by atoms with Crippen molar-refractivity contribution >= 4 is 26.9 Å². The van der Waals surface area contributed by atoms with Crippen LogP contribution in [-0.4, -0.2) is 30.5 Å². The van der Waals surface area contributed by atoms with Crippen LogP contribution >= 0.6 is 0 Å². The number of aromatic nitrogens is 1. The van der Waals surface area contributed by atoms with E-state index >= 15 is 0 Å². The maximum absolute atomic E-state index is 13.7. The van der Waals surface area contributed by atoms with Crippen molar-refractivity contribution in [3.63, 3.8) is 0 Å². The van der Waals surface area contributed by atoms with Crippen molar-refractivity contribution in [1.29, 1.82) is 0 Å². The lowest BCUT2D eigenvalue weighted by Gasteiger charge is -2.23. The van der Waals surface area contributed by atoms with Gasteiger partial charge in [0.2, 0.25) is 10.0 Å². The first-order valence-corrected chi connectivity index (χ1v) is 12.1. The molecular weight excluding hydrogens is 457 g/mol. The highest BCUT2D eigenvalue weighted by atomic mass is 32.2. The van der Waals surface area contributed by atoms with Crippen molar-refractivity contribution in [3.05, 3.63) is 53.6 Å². The minimum absolute atomic E-state index is 0.0405. The van der Waals surface area contributed by atoms with Gasteiger partial charge < -0.3 is 10.1 Å². The minimum atomic E-state index is -4.79. The largest absolute Gasteiger partial charge is 0.481 e. The van der Waals surface area contributed by atoms with Gasteiger partial charge in [-0.1, -0.05) is 37.5 Å². The summed E-state index contributed by atoms with van der Waals surface area (Å²) in [6, 6.07) is 9.06. The van der Waals surface area contributed by atoms with Gasteiger partial charge >= 0.3 is 12.1 Å². The standard InChI is InChI=1S/C23H23F3N2O4S/c24-23(25,26)15-10-14(11-17(12-15)33(31,32)28-16-6-2-1-3-7-16)22-19(13-21(29)30)18-8-4-5-9-20(18)27-22/h4-5,8-12,16,27-28H,1-3,6-7,13H2,(H,29,30). The molecule has 3 N–H and O–H groups in total. The third-order valence-corrected chi connectivity index (χ3v) is 7.40. The number of carboxylic acids is 1. The third-order valence-electron chi connectivity index (χ3n) is 5.90. The van der Waals surface area contributed by atoms with Crippen LogP contribution in [0.2, 0.25) is 0 Å². The molecule has 0 bridgehead atoms. The lowest BCUT2D eigenvalue weighted by Crippen LogP contribution is -2.36. The van der Waals surface area contributed by atoms with Gasteiger partial charge in [-0.15, -0.1) is 0 Å². The lowest BCUT2D eigenvalue weighted by atomic mass is 9.96. The molecule has 1 saturated carbocycles. The Morgan fingerprint density at radius 3 is 2.45 bits per heavy atom. The van der Waals surface area contributed by atoms with Crippen molar-refractivity contribution in [3.8, 4) is 11.3 Å².